The lowest BCUT2D eigenvalue weighted by Gasteiger charge is -2.20. The van der Waals surface area contributed by atoms with Gasteiger partial charge in [-0.25, -0.2) is 9.78 Å². The second kappa shape index (κ2) is 4.82. The van der Waals surface area contributed by atoms with Crippen LogP contribution in [0.4, 0.5) is 5.13 Å². The summed E-state index contributed by atoms with van der Waals surface area (Å²) in [5.74, 6) is -0.144. The Morgan fingerprint density at radius 2 is 2.44 bits per heavy atom. The number of carboxylic acid groups (broad SMARTS) is 1. The maximum absolute atomic E-state index is 10.8. The number of nitrogens with zero attached hydrogens (tertiary/aromatic N) is 2. The molecule has 88 valence electrons. The first-order chi connectivity index (χ1) is 7.70. The SMILES string of the molecule is CCCN(CC1CC1)c1nc(C(=O)O)cs1. The molecule has 5 heteroatoms. The number of hydrogen-bond donors (Lipinski definition) is 1. The monoisotopic (exact) mass is 240 g/mol. The standard InChI is InChI=1S/C11H16N2O2S/c1-2-5-13(6-8-3-4-8)11-12-9(7-16-11)10(14)15/h7-8H,2-6H2,1H3,(H,14,15). The number of hydrogen-bond acceptors (Lipinski definition) is 4. The van der Waals surface area contributed by atoms with Gasteiger partial charge in [-0.2, -0.15) is 0 Å². The molecule has 16 heavy (non-hydrogen) atoms. The third-order valence-corrected chi connectivity index (χ3v) is 3.55. The molecule has 1 aliphatic carbocycles. The van der Waals surface area contributed by atoms with E-state index in [1.54, 1.807) is 5.38 Å². The third-order valence-electron chi connectivity index (χ3n) is 2.65. The smallest absolute Gasteiger partial charge is 0.355 e. The van der Waals surface area contributed by atoms with E-state index in [9.17, 15) is 4.79 Å². The lowest BCUT2D eigenvalue weighted by molar-refractivity contribution is 0.0691. The molecule has 1 aliphatic rings. The zero-order valence-electron chi connectivity index (χ0n) is 9.35. The number of anilines is 1. The normalized spacial score (nSPS) is 15.1. The summed E-state index contributed by atoms with van der Waals surface area (Å²) >= 11 is 1.43. The molecular weight excluding hydrogens is 224 g/mol. The number of rotatable bonds is 6. The van der Waals surface area contributed by atoms with E-state index in [2.05, 4.69) is 16.8 Å². The molecule has 1 heterocycles. The van der Waals surface area contributed by atoms with E-state index in [4.69, 9.17) is 5.11 Å². The summed E-state index contributed by atoms with van der Waals surface area (Å²) in [6.45, 7) is 4.12. The molecule has 0 spiro atoms. The first-order valence-electron chi connectivity index (χ1n) is 5.64. The van der Waals surface area contributed by atoms with Crippen molar-refractivity contribution in [3.63, 3.8) is 0 Å². The van der Waals surface area contributed by atoms with Gasteiger partial charge in [0.05, 0.1) is 0 Å². The fourth-order valence-corrected chi connectivity index (χ4v) is 2.49. The molecule has 0 aliphatic heterocycles. The minimum Gasteiger partial charge on any atom is -0.476 e. The minimum absolute atomic E-state index is 0.164. The molecular formula is C11H16N2O2S. The van der Waals surface area contributed by atoms with Gasteiger partial charge in [-0.3, -0.25) is 0 Å². The van der Waals surface area contributed by atoms with Gasteiger partial charge in [0.2, 0.25) is 0 Å². The summed E-state index contributed by atoms with van der Waals surface area (Å²) in [6.07, 6.45) is 3.67. The second-order valence-electron chi connectivity index (χ2n) is 4.21. The van der Waals surface area contributed by atoms with E-state index in [1.165, 1.54) is 24.2 Å². The molecule has 1 aromatic heterocycles. The third kappa shape index (κ3) is 2.72. The van der Waals surface area contributed by atoms with Crippen LogP contribution in [0.2, 0.25) is 0 Å². The lowest BCUT2D eigenvalue weighted by Crippen LogP contribution is -2.26. The van der Waals surface area contributed by atoms with E-state index in [0.29, 0.717) is 0 Å². The van der Waals surface area contributed by atoms with Crippen molar-refractivity contribution in [1.82, 2.24) is 4.98 Å². The molecule has 0 atom stereocenters. The summed E-state index contributed by atoms with van der Waals surface area (Å²) in [4.78, 5) is 17.1. The van der Waals surface area contributed by atoms with E-state index in [-0.39, 0.29) is 5.69 Å². The zero-order chi connectivity index (χ0) is 11.5. The van der Waals surface area contributed by atoms with Gasteiger partial charge in [-0.15, -0.1) is 11.3 Å². The van der Waals surface area contributed by atoms with Crippen LogP contribution in [0, 0.1) is 5.92 Å². The largest absolute Gasteiger partial charge is 0.476 e. The summed E-state index contributed by atoms with van der Waals surface area (Å²) in [5.41, 5.74) is 0.164. The van der Waals surface area contributed by atoms with Gasteiger partial charge in [-0.1, -0.05) is 6.92 Å². The Bertz CT molecular complexity index is 374. The number of thiazole rings is 1. The molecule has 0 aromatic carbocycles. The van der Waals surface area contributed by atoms with E-state index < -0.39 is 5.97 Å². The molecule has 4 nitrogen and oxygen atoms in total. The van der Waals surface area contributed by atoms with Crippen LogP contribution in [-0.4, -0.2) is 29.1 Å². The highest BCUT2D eigenvalue weighted by molar-refractivity contribution is 7.13. The Hall–Kier alpha value is -1.10. The summed E-state index contributed by atoms with van der Waals surface area (Å²) in [6, 6.07) is 0. The van der Waals surface area contributed by atoms with Crippen LogP contribution in [0.1, 0.15) is 36.7 Å². The van der Waals surface area contributed by atoms with E-state index in [1.807, 2.05) is 0 Å². The van der Waals surface area contributed by atoms with Crippen molar-refractivity contribution < 1.29 is 9.90 Å². The summed E-state index contributed by atoms with van der Waals surface area (Å²) < 4.78 is 0. The topological polar surface area (TPSA) is 53.4 Å². The molecule has 1 saturated carbocycles. The van der Waals surface area contributed by atoms with Crippen LogP contribution in [0.15, 0.2) is 5.38 Å². The Balaban J connectivity index is 2.06. The van der Waals surface area contributed by atoms with Gasteiger partial charge in [0, 0.05) is 18.5 Å². The van der Waals surface area contributed by atoms with E-state index >= 15 is 0 Å². The average Bonchev–Trinajstić information content (AvgIpc) is 2.92. The Labute approximate surface area is 98.9 Å². The fourth-order valence-electron chi connectivity index (χ4n) is 1.65. The quantitative estimate of drug-likeness (QED) is 0.830. The van der Waals surface area contributed by atoms with Crippen molar-refractivity contribution in [2.45, 2.75) is 26.2 Å². The van der Waals surface area contributed by atoms with Crippen LogP contribution in [0.5, 0.6) is 0 Å². The first-order valence-corrected chi connectivity index (χ1v) is 6.52. The van der Waals surface area contributed by atoms with Crippen LogP contribution < -0.4 is 4.90 Å². The maximum atomic E-state index is 10.8. The Morgan fingerprint density at radius 3 is 2.94 bits per heavy atom. The van der Waals surface area contributed by atoms with Crippen molar-refractivity contribution >= 4 is 22.4 Å². The van der Waals surface area contributed by atoms with Gasteiger partial charge >= 0.3 is 5.97 Å². The van der Waals surface area contributed by atoms with Gasteiger partial charge in [0.25, 0.3) is 0 Å². The van der Waals surface area contributed by atoms with Crippen LogP contribution in [-0.2, 0) is 0 Å². The number of carboxylic acids is 1. The van der Waals surface area contributed by atoms with Crippen LogP contribution >= 0.6 is 11.3 Å². The lowest BCUT2D eigenvalue weighted by atomic mass is 10.3. The second-order valence-corrected chi connectivity index (χ2v) is 5.05. The zero-order valence-corrected chi connectivity index (χ0v) is 10.2. The summed E-state index contributed by atoms with van der Waals surface area (Å²) in [5, 5.41) is 11.3. The highest BCUT2D eigenvalue weighted by Gasteiger charge is 2.25. The molecule has 0 bridgehead atoms. The van der Waals surface area contributed by atoms with Crippen molar-refractivity contribution in [3.05, 3.63) is 11.1 Å². The van der Waals surface area contributed by atoms with Gasteiger partial charge in [0.15, 0.2) is 10.8 Å². The van der Waals surface area contributed by atoms with Crippen molar-refractivity contribution in [3.8, 4) is 0 Å². The van der Waals surface area contributed by atoms with Gasteiger partial charge in [-0.05, 0) is 25.2 Å². The predicted molar refractivity (Wildman–Crippen MR) is 64.3 cm³/mol. The predicted octanol–water partition coefficient (Wildman–Crippen LogP) is 2.47. The number of carbonyl (C=O) groups is 1. The van der Waals surface area contributed by atoms with Crippen LogP contribution in [0.3, 0.4) is 0 Å². The van der Waals surface area contributed by atoms with Crippen molar-refractivity contribution in [1.29, 1.82) is 0 Å². The van der Waals surface area contributed by atoms with E-state index in [0.717, 1.165) is 30.6 Å². The van der Waals surface area contributed by atoms with Gasteiger partial charge in [0.1, 0.15) is 0 Å². The van der Waals surface area contributed by atoms with Crippen molar-refractivity contribution in [2.75, 3.05) is 18.0 Å². The molecule has 0 radical (unpaired) electrons. The van der Waals surface area contributed by atoms with Crippen LogP contribution in [0.25, 0.3) is 0 Å². The first kappa shape index (κ1) is 11.4. The minimum atomic E-state index is -0.939. The molecule has 1 fully saturated rings. The molecule has 0 amide bonds. The number of aromatic nitrogens is 1. The molecule has 1 N–H and O–H groups in total. The molecule has 0 unspecified atom stereocenters. The van der Waals surface area contributed by atoms with Crippen molar-refractivity contribution in [2.24, 2.45) is 5.92 Å². The number of aromatic carboxylic acids is 1. The highest BCUT2D eigenvalue weighted by atomic mass is 32.1. The Morgan fingerprint density at radius 1 is 1.69 bits per heavy atom. The average molecular weight is 240 g/mol. The molecule has 2 rings (SSSR count). The fraction of sp³-hybridized carbons (Fsp3) is 0.636. The highest BCUT2D eigenvalue weighted by Crippen LogP contribution is 2.32. The molecule has 1 aromatic rings. The molecule has 0 saturated heterocycles. The maximum Gasteiger partial charge on any atom is 0.355 e. The van der Waals surface area contributed by atoms with Gasteiger partial charge < -0.3 is 10.0 Å². The summed E-state index contributed by atoms with van der Waals surface area (Å²) in [7, 11) is 0. The Kier molecular flexibility index (Phi) is 3.43.